The van der Waals surface area contributed by atoms with Gasteiger partial charge in [0.1, 0.15) is 12.0 Å². The molecule has 0 aliphatic carbocycles. The van der Waals surface area contributed by atoms with Crippen LogP contribution in [0.4, 0.5) is 4.39 Å². The van der Waals surface area contributed by atoms with Crippen molar-refractivity contribution in [1.29, 1.82) is 0 Å². The molecule has 2 atom stereocenters. The number of halogens is 2. The summed E-state index contributed by atoms with van der Waals surface area (Å²) in [6, 6.07) is 19.1. The standard InChI is InChI=1S/C24H22ClFN2O2/c1-2-30-22-8-4-7-19(23(22)29)21-14-20(15-9-11-17(25)12-10-15)27-24(28-21)16-5-3-6-18(26)13-16/h3-13,21,24,28-29H,2,14H2,1H3/t21-,24+/m1/s1. The summed E-state index contributed by atoms with van der Waals surface area (Å²) in [5, 5.41) is 14.9. The molecule has 1 aliphatic heterocycles. The minimum Gasteiger partial charge on any atom is -0.504 e. The molecule has 0 bridgehead atoms. The number of rotatable bonds is 5. The van der Waals surface area contributed by atoms with Gasteiger partial charge in [0.05, 0.1) is 6.61 Å². The second-order valence-corrected chi connectivity index (χ2v) is 7.53. The summed E-state index contributed by atoms with van der Waals surface area (Å²) in [6.45, 7) is 2.33. The van der Waals surface area contributed by atoms with Crippen LogP contribution in [-0.4, -0.2) is 17.4 Å². The van der Waals surface area contributed by atoms with Crippen molar-refractivity contribution in [2.45, 2.75) is 25.6 Å². The molecule has 4 rings (SSSR count). The number of phenols is 1. The first-order valence-electron chi connectivity index (χ1n) is 9.84. The van der Waals surface area contributed by atoms with Gasteiger partial charge in [-0.25, -0.2) is 4.39 Å². The van der Waals surface area contributed by atoms with Gasteiger partial charge in [0, 0.05) is 28.8 Å². The Bertz CT molecular complexity index is 1070. The molecule has 1 aliphatic rings. The minimum atomic E-state index is -0.458. The number of hydrogen-bond donors (Lipinski definition) is 2. The van der Waals surface area contributed by atoms with E-state index in [-0.39, 0.29) is 17.6 Å². The number of ether oxygens (including phenoxy) is 1. The highest BCUT2D eigenvalue weighted by molar-refractivity contribution is 6.30. The maximum atomic E-state index is 13.9. The second-order valence-electron chi connectivity index (χ2n) is 7.09. The zero-order valence-corrected chi connectivity index (χ0v) is 17.2. The Morgan fingerprint density at radius 3 is 2.63 bits per heavy atom. The Hall–Kier alpha value is -2.89. The quantitative estimate of drug-likeness (QED) is 0.543. The number of nitrogens with one attached hydrogen (secondary N) is 1. The molecule has 30 heavy (non-hydrogen) atoms. The number of hydrogen-bond acceptors (Lipinski definition) is 4. The maximum Gasteiger partial charge on any atom is 0.162 e. The SMILES string of the molecule is CCOc1cccc([C@H]2CC(c3ccc(Cl)cc3)=N[C@H](c3cccc(F)c3)N2)c1O. The predicted octanol–water partition coefficient (Wildman–Crippen LogP) is 5.81. The summed E-state index contributed by atoms with van der Waals surface area (Å²) < 4.78 is 19.4. The number of nitrogens with zero attached hydrogens (tertiary/aromatic N) is 1. The topological polar surface area (TPSA) is 53.8 Å². The summed E-state index contributed by atoms with van der Waals surface area (Å²) in [6.07, 6.45) is 0.0941. The number of phenolic OH excluding ortho intramolecular Hbond substituents is 1. The van der Waals surface area contributed by atoms with Crippen molar-refractivity contribution in [3.63, 3.8) is 0 Å². The Morgan fingerprint density at radius 2 is 1.90 bits per heavy atom. The fourth-order valence-electron chi connectivity index (χ4n) is 3.66. The zero-order valence-electron chi connectivity index (χ0n) is 16.5. The molecule has 0 unspecified atom stereocenters. The lowest BCUT2D eigenvalue weighted by molar-refractivity contribution is 0.313. The van der Waals surface area contributed by atoms with E-state index in [1.54, 1.807) is 12.1 Å². The molecule has 0 radical (unpaired) electrons. The third-order valence-corrected chi connectivity index (χ3v) is 5.34. The normalized spacial score (nSPS) is 18.7. The molecule has 3 aromatic rings. The molecule has 154 valence electrons. The zero-order chi connectivity index (χ0) is 21.1. The van der Waals surface area contributed by atoms with Crippen LogP contribution in [0.25, 0.3) is 0 Å². The highest BCUT2D eigenvalue weighted by atomic mass is 35.5. The van der Waals surface area contributed by atoms with E-state index >= 15 is 0 Å². The van der Waals surface area contributed by atoms with Crippen LogP contribution in [0.1, 0.15) is 42.2 Å². The van der Waals surface area contributed by atoms with Crippen molar-refractivity contribution in [3.8, 4) is 11.5 Å². The molecule has 0 aromatic heterocycles. The van der Waals surface area contributed by atoms with E-state index in [0.29, 0.717) is 34.9 Å². The molecule has 0 amide bonds. The van der Waals surface area contributed by atoms with Crippen LogP contribution in [0.5, 0.6) is 11.5 Å². The number of benzene rings is 3. The van der Waals surface area contributed by atoms with E-state index in [1.807, 2.05) is 49.4 Å². The summed E-state index contributed by atoms with van der Waals surface area (Å²) in [7, 11) is 0. The summed E-state index contributed by atoms with van der Waals surface area (Å²) in [4.78, 5) is 4.84. The van der Waals surface area contributed by atoms with E-state index in [0.717, 1.165) is 11.3 Å². The van der Waals surface area contributed by atoms with Gasteiger partial charge in [0.15, 0.2) is 11.5 Å². The number of para-hydroxylation sites is 1. The van der Waals surface area contributed by atoms with E-state index in [1.165, 1.54) is 12.1 Å². The Kier molecular flexibility index (Phi) is 6.02. The van der Waals surface area contributed by atoms with Crippen molar-refractivity contribution in [3.05, 3.63) is 94.3 Å². The maximum absolute atomic E-state index is 13.9. The Balaban J connectivity index is 1.75. The molecule has 6 heteroatoms. The van der Waals surface area contributed by atoms with Gasteiger partial charge in [-0.1, -0.05) is 48.0 Å². The molecule has 0 saturated carbocycles. The van der Waals surface area contributed by atoms with Gasteiger partial charge in [0.25, 0.3) is 0 Å². The molecule has 1 heterocycles. The van der Waals surface area contributed by atoms with Gasteiger partial charge in [-0.3, -0.25) is 10.3 Å². The second kappa shape index (κ2) is 8.86. The highest BCUT2D eigenvalue weighted by Gasteiger charge is 2.28. The van der Waals surface area contributed by atoms with Crippen LogP contribution in [0.2, 0.25) is 5.02 Å². The Morgan fingerprint density at radius 1 is 1.13 bits per heavy atom. The summed E-state index contributed by atoms with van der Waals surface area (Å²) in [5.74, 6) is 0.225. The van der Waals surface area contributed by atoms with Crippen LogP contribution >= 0.6 is 11.6 Å². The van der Waals surface area contributed by atoms with E-state index in [9.17, 15) is 9.50 Å². The van der Waals surface area contributed by atoms with Crippen molar-refractivity contribution >= 4 is 17.3 Å². The molecular weight excluding hydrogens is 403 g/mol. The third-order valence-electron chi connectivity index (χ3n) is 5.09. The lowest BCUT2D eigenvalue weighted by Crippen LogP contribution is -2.33. The minimum absolute atomic E-state index is 0.104. The van der Waals surface area contributed by atoms with Gasteiger partial charge in [0.2, 0.25) is 0 Å². The van der Waals surface area contributed by atoms with Crippen molar-refractivity contribution in [2.75, 3.05) is 6.61 Å². The largest absolute Gasteiger partial charge is 0.504 e. The fraction of sp³-hybridized carbons (Fsp3) is 0.208. The average Bonchev–Trinajstić information content (AvgIpc) is 2.75. The van der Waals surface area contributed by atoms with E-state index in [4.69, 9.17) is 21.3 Å². The molecular formula is C24H22ClFN2O2. The van der Waals surface area contributed by atoms with Crippen LogP contribution in [0.3, 0.4) is 0 Å². The van der Waals surface area contributed by atoms with Gasteiger partial charge in [-0.15, -0.1) is 0 Å². The first-order valence-corrected chi connectivity index (χ1v) is 10.2. The van der Waals surface area contributed by atoms with Gasteiger partial charge >= 0.3 is 0 Å². The molecule has 0 fully saturated rings. The van der Waals surface area contributed by atoms with Gasteiger partial charge < -0.3 is 9.84 Å². The van der Waals surface area contributed by atoms with Crippen LogP contribution in [0, 0.1) is 5.82 Å². The van der Waals surface area contributed by atoms with Crippen molar-refractivity contribution in [1.82, 2.24) is 5.32 Å². The fourth-order valence-corrected chi connectivity index (χ4v) is 3.79. The number of aromatic hydroxyl groups is 1. The lowest BCUT2D eigenvalue weighted by atomic mass is 9.93. The Labute approximate surface area is 180 Å². The summed E-state index contributed by atoms with van der Waals surface area (Å²) >= 11 is 6.04. The molecule has 3 aromatic carbocycles. The molecule has 4 nitrogen and oxygen atoms in total. The van der Waals surface area contributed by atoms with E-state index in [2.05, 4.69) is 5.32 Å². The van der Waals surface area contributed by atoms with Crippen molar-refractivity contribution in [2.24, 2.45) is 4.99 Å². The summed E-state index contributed by atoms with van der Waals surface area (Å²) in [5.41, 5.74) is 3.22. The van der Waals surface area contributed by atoms with Crippen LogP contribution < -0.4 is 10.1 Å². The number of aliphatic imine (C=N–C) groups is 1. The third kappa shape index (κ3) is 4.32. The predicted molar refractivity (Wildman–Crippen MR) is 117 cm³/mol. The van der Waals surface area contributed by atoms with Crippen LogP contribution in [0.15, 0.2) is 71.7 Å². The lowest BCUT2D eigenvalue weighted by Gasteiger charge is -2.31. The van der Waals surface area contributed by atoms with Gasteiger partial charge in [-0.2, -0.15) is 0 Å². The molecule has 2 N–H and O–H groups in total. The average molecular weight is 425 g/mol. The van der Waals surface area contributed by atoms with Crippen molar-refractivity contribution < 1.29 is 14.2 Å². The monoisotopic (exact) mass is 424 g/mol. The first kappa shape index (κ1) is 20.4. The van der Waals surface area contributed by atoms with E-state index < -0.39 is 6.17 Å². The molecule has 0 spiro atoms. The molecule has 0 saturated heterocycles. The smallest absolute Gasteiger partial charge is 0.162 e. The first-order chi connectivity index (χ1) is 14.5. The van der Waals surface area contributed by atoms with Crippen LogP contribution in [-0.2, 0) is 0 Å². The highest BCUT2D eigenvalue weighted by Crippen LogP contribution is 2.39. The van der Waals surface area contributed by atoms with Gasteiger partial charge in [-0.05, 0) is 48.4 Å².